The second kappa shape index (κ2) is 9.90. The number of nitrogens with zero attached hydrogens (tertiary/aromatic N) is 3. The average Bonchev–Trinajstić information content (AvgIpc) is 3.24. The second-order valence-electron chi connectivity index (χ2n) is 8.26. The number of nitrogens with one attached hydrogen (secondary N) is 1. The fourth-order valence-corrected chi connectivity index (χ4v) is 4.35. The zero-order valence-corrected chi connectivity index (χ0v) is 19.6. The number of carbonyl (C=O) groups is 1. The molecule has 2 heterocycles. The van der Waals surface area contributed by atoms with E-state index in [1.54, 1.807) is 6.20 Å². The van der Waals surface area contributed by atoms with E-state index >= 15 is 0 Å². The van der Waals surface area contributed by atoms with Crippen LogP contribution in [0.5, 0.6) is 0 Å². The lowest BCUT2D eigenvalue weighted by Gasteiger charge is -2.29. The molecule has 1 saturated heterocycles. The maximum absolute atomic E-state index is 12.8. The molecule has 4 rings (SSSR count). The molecule has 5 nitrogen and oxygen atoms in total. The lowest BCUT2D eigenvalue weighted by Crippen LogP contribution is -2.38. The van der Waals surface area contributed by atoms with E-state index in [1.807, 2.05) is 55.4 Å². The van der Waals surface area contributed by atoms with Crippen molar-refractivity contribution in [1.29, 1.82) is 0 Å². The number of hydrogen-bond acceptors (Lipinski definition) is 4. The molecule has 1 fully saturated rings. The van der Waals surface area contributed by atoms with Crippen LogP contribution in [0.25, 0.3) is 0 Å². The first-order valence-corrected chi connectivity index (χ1v) is 11.4. The second-order valence-corrected chi connectivity index (χ2v) is 9.13. The highest BCUT2D eigenvalue weighted by Crippen LogP contribution is 2.33. The fraction of sp³-hybridized carbons (Fsp3) is 0.280. The van der Waals surface area contributed by atoms with Crippen LogP contribution in [0.4, 0.5) is 5.82 Å². The predicted molar refractivity (Wildman–Crippen MR) is 131 cm³/mol. The number of carbonyl (C=O) groups excluding carboxylic acids is 1. The lowest BCUT2D eigenvalue weighted by molar-refractivity contribution is 0.0936. The zero-order chi connectivity index (χ0) is 22.7. The Kier molecular flexibility index (Phi) is 6.99. The molecule has 1 atom stereocenters. The molecule has 7 heteroatoms. The number of amides is 1. The van der Waals surface area contributed by atoms with E-state index in [4.69, 9.17) is 23.2 Å². The third-order valence-corrected chi connectivity index (χ3v) is 6.26. The third-order valence-electron chi connectivity index (χ3n) is 5.76. The highest BCUT2D eigenvalue weighted by Gasteiger charge is 2.31. The van der Waals surface area contributed by atoms with E-state index < -0.39 is 0 Å². The summed E-state index contributed by atoms with van der Waals surface area (Å²) in [7, 11) is 3.85. The van der Waals surface area contributed by atoms with E-state index in [0.29, 0.717) is 15.6 Å². The van der Waals surface area contributed by atoms with Gasteiger partial charge in [0.1, 0.15) is 5.82 Å². The van der Waals surface area contributed by atoms with Crippen molar-refractivity contribution >= 4 is 34.9 Å². The van der Waals surface area contributed by atoms with Gasteiger partial charge in [0.05, 0.1) is 11.6 Å². The average molecular weight is 469 g/mol. The van der Waals surface area contributed by atoms with E-state index in [1.165, 1.54) is 0 Å². The van der Waals surface area contributed by atoms with Crippen LogP contribution in [0.15, 0.2) is 66.9 Å². The maximum Gasteiger partial charge on any atom is 0.253 e. The van der Waals surface area contributed by atoms with Crippen molar-refractivity contribution in [2.45, 2.75) is 18.5 Å². The van der Waals surface area contributed by atoms with Crippen LogP contribution in [-0.4, -0.2) is 49.0 Å². The van der Waals surface area contributed by atoms with Gasteiger partial charge >= 0.3 is 0 Å². The molecule has 166 valence electrons. The molecule has 0 aliphatic carbocycles. The molecule has 0 bridgehead atoms. The highest BCUT2D eigenvalue weighted by atomic mass is 35.5. The van der Waals surface area contributed by atoms with Gasteiger partial charge in [0.15, 0.2) is 0 Å². The van der Waals surface area contributed by atoms with Gasteiger partial charge in [-0.3, -0.25) is 9.69 Å². The summed E-state index contributed by atoms with van der Waals surface area (Å²) in [5.41, 5.74) is 2.89. The van der Waals surface area contributed by atoms with Crippen molar-refractivity contribution in [2.24, 2.45) is 0 Å². The summed E-state index contributed by atoms with van der Waals surface area (Å²) in [5, 5.41) is 4.60. The van der Waals surface area contributed by atoms with Gasteiger partial charge in [0, 0.05) is 49.5 Å². The summed E-state index contributed by atoms with van der Waals surface area (Å²) in [6, 6.07) is 19.7. The number of pyridine rings is 1. The SMILES string of the molecule is CN(C)c1ccc(C(=O)N[C@@H]2CCN(C(c3ccc(Cl)cc3)c3ccc(Cl)cc3)C2)cn1. The van der Waals surface area contributed by atoms with Crippen LogP contribution >= 0.6 is 23.2 Å². The first-order valence-electron chi connectivity index (χ1n) is 10.6. The Morgan fingerprint density at radius 2 is 1.59 bits per heavy atom. The Morgan fingerprint density at radius 3 is 2.09 bits per heavy atom. The van der Waals surface area contributed by atoms with E-state index in [-0.39, 0.29) is 18.0 Å². The Hall–Kier alpha value is -2.60. The lowest BCUT2D eigenvalue weighted by atomic mass is 9.97. The minimum atomic E-state index is -0.0933. The largest absolute Gasteiger partial charge is 0.363 e. The molecule has 1 N–H and O–H groups in total. The van der Waals surface area contributed by atoms with Crippen LogP contribution in [0.3, 0.4) is 0 Å². The normalized spacial score (nSPS) is 16.3. The van der Waals surface area contributed by atoms with E-state index in [0.717, 1.165) is 36.5 Å². The van der Waals surface area contributed by atoms with Crippen LogP contribution in [0, 0.1) is 0 Å². The molecule has 2 aromatic carbocycles. The van der Waals surface area contributed by atoms with Crippen molar-refractivity contribution in [3.05, 3.63) is 93.6 Å². The van der Waals surface area contributed by atoms with Gasteiger partial charge in [-0.15, -0.1) is 0 Å². The molecule has 0 unspecified atom stereocenters. The van der Waals surface area contributed by atoms with Crippen molar-refractivity contribution < 1.29 is 4.79 Å². The van der Waals surface area contributed by atoms with Crippen molar-refractivity contribution in [3.8, 4) is 0 Å². The first kappa shape index (κ1) is 22.6. The van der Waals surface area contributed by atoms with Gasteiger partial charge < -0.3 is 10.2 Å². The number of anilines is 1. The summed E-state index contributed by atoms with van der Waals surface area (Å²) in [6.45, 7) is 1.63. The predicted octanol–water partition coefficient (Wildman–Crippen LogP) is 5.05. The van der Waals surface area contributed by atoms with Crippen molar-refractivity contribution in [3.63, 3.8) is 0 Å². The van der Waals surface area contributed by atoms with Crippen LogP contribution in [0.2, 0.25) is 10.0 Å². The van der Waals surface area contributed by atoms with Crippen molar-refractivity contribution in [1.82, 2.24) is 15.2 Å². The van der Waals surface area contributed by atoms with E-state index in [2.05, 4.69) is 39.5 Å². The summed E-state index contributed by atoms with van der Waals surface area (Å²) in [4.78, 5) is 21.4. The quantitative estimate of drug-likeness (QED) is 0.549. The van der Waals surface area contributed by atoms with Gasteiger partial charge in [-0.05, 0) is 53.9 Å². The van der Waals surface area contributed by atoms with Crippen LogP contribution < -0.4 is 10.2 Å². The van der Waals surface area contributed by atoms with Crippen molar-refractivity contribution in [2.75, 3.05) is 32.1 Å². The standard InChI is InChI=1S/C25H26Cl2N4O/c1-30(2)23-12-7-19(15-28-23)25(32)29-22-13-14-31(16-22)24(17-3-8-20(26)9-4-17)18-5-10-21(27)11-6-18/h3-12,15,22,24H,13-14,16H2,1-2H3,(H,29,32)/t22-/m1/s1. The Balaban J connectivity index is 1.49. The van der Waals surface area contributed by atoms with Gasteiger partial charge in [-0.2, -0.15) is 0 Å². The monoisotopic (exact) mass is 468 g/mol. The minimum Gasteiger partial charge on any atom is -0.363 e. The summed E-state index contributed by atoms with van der Waals surface area (Å²) in [5.74, 6) is 0.728. The molecule has 1 aliphatic rings. The molecular weight excluding hydrogens is 443 g/mol. The molecule has 0 spiro atoms. The summed E-state index contributed by atoms with van der Waals surface area (Å²) in [6.07, 6.45) is 2.51. The van der Waals surface area contributed by atoms with Gasteiger partial charge in [-0.1, -0.05) is 47.5 Å². The van der Waals surface area contributed by atoms with Gasteiger partial charge in [0.25, 0.3) is 5.91 Å². The number of rotatable bonds is 6. The molecule has 3 aromatic rings. The van der Waals surface area contributed by atoms with Gasteiger partial charge in [-0.25, -0.2) is 4.98 Å². The molecule has 32 heavy (non-hydrogen) atoms. The molecule has 0 radical (unpaired) electrons. The Morgan fingerprint density at radius 1 is 1.00 bits per heavy atom. The summed E-state index contributed by atoms with van der Waals surface area (Å²) >= 11 is 12.2. The molecule has 0 saturated carbocycles. The Bertz CT molecular complexity index is 1010. The maximum atomic E-state index is 12.8. The van der Waals surface area contributed by atoms with E-state index in [9.17, 15) is 4.79 Å². The number of hydrogen-bond donors (Lipinski definition) is 1. The first-order chi connectivity index (χ1) is 15.4. The molecule has 1 aromatic heterocycles. The molecule has 1 aliphatic heterocycles. The topological polar surface area (TPSA) is 48.5 Å². The van der Waals surface area contributed by atoms with Gasteiger partial charge in [0.2, 0.25) is 0 Å². The summed E-state index contributed by atoms with van der Waals surface area (Å²) < 4.78 is 0. The fourth-order valence-electron chi connectivity index (χ4n) is 4.10. The molecular formula is C25H26Cl2N4O. The number of halogens is 2. The smallest absolute Gasteiger partial charge is 0.253 e. The molecule has 1 amide bonds. The minimum absolute atomic E-state index is 0.0625. The van der Waals surface area contributed by atoms with Crippen LogP contribution in [-0.2, 0) is 0 Å². The number of likely N-dealkylation sites (tertiary alicyclic amines) is 1. The Labute approximate surface area is 199 Å². The highest BCUT2D eigenvalue weighted by molar-refractivity contribution is 6.30. The third kappa shape index (κ3) is 5.23. The zero-order valence-electron chi connectivity index (χ0n) is 18.1. The van der Waals surface area contributed by atoms with Crippen LogP contribution in [0.1, 0.15) is 33.9 Å². The number of benzene rings is 2. The number of aromatic nitrogens is 1.